The van der Waals surface area contributed by atoms with Gasteiger partial charge in [-0.2, -0.15) is 0 Å². The first kappa shape index (κ1) is 8.53. The van der Waals surface area contributed by atoms with E-state index in [1.807, 2.05) is 6.20 Å². The van der Waals surface area contributed by atoms with Crippen LogP contribution in [0.3, 0.4) is 0 Å². The summed E-state index contributed by atoms with van der Waals surface area (Å²) in [5.41, 5.74) is 5.33. The molecule has 0 amide bonds. The van der Waals surface area contributed by atoms with Crippen molar-refractivity contribution in [2.45, 2.75) is 19.3 Å². The average Bonchev–Trinajstić information content (AvgIpc) is 2.03. The lowest BCUT2D eigenvalue weighted by Gasteiger charge is -2.24. The van der Waals surface area contributed by atoms with Gasteiger partial charge < -0.3 is 10.6 Å². The highest BCUT2D eigenvalue weighted by molar-refractivity contribution is 7.80. The molecule has 0 aromatic rings. The number of piperidine rings is 1. The normalized spacial score (nSPS) is 19.1. The zero-order valence-electron chi connectivity index (χ0n) is 6.62. The molecule has 0 aromatic heterocycles. The first-order valence-electron chi connectivity index (χ1n) is 4.01. The Labute approximate surface area is 73.1 Å². The van der Waals surface area contributed by atoms with Crippen molar-refractivity contribution in [3.63, 3.8) is 0 Å². The van der Waals surface area contributed by atoms with Crippen molar-refractivity contribution >= 4 is 17.2 Å². The molecular formula is C8H14N2S. The van der Waals surface area contributed by atoms with Gasteiger partial charge in [-0.05, 0) is 25.3 Å². The van der Waals surface area contributed by atoms with Crippen LogP contribution in [0.2, 0.25) is 0 Å². The maximum Gasteiger partial charge on any atom is 0.0976 e. The molecular weight excluding hydrogens is 156 g/mol. The molecule has 1 aliphatic heterocycles. The minimum atomic E-state index is 0.468. The molecule has 2 N–H and O–H groups in total. The predicted octanol–water partition coefficient (Wildman–Crippen LogP) is 1.27. The van der Waals surface area contributed by atoms with E-state index in [1.165, 1.54) is 19.3 Å². The molecule has 0 aromatic carbocycles. The predicted molar refractivity (Wildman–Crippen MR) is 51.3 cm³/mol. The maximum atomic E-state index is 5.33. The van der Waals surface area contributed by atoms with E-state index in [1.54, 1.807) is 6.08 Å². The van der Waals surface area contributed by atoms with Crippen molar-refractivity contribution in [2.75, 3.05) is 13.1 Å². The largest absolute Gasteiger partial charge is 0.390 e. The van der Waals surface area contributed by atoms with Crippen LogP contribution in [0, 0.1) is 0 Å². The zero-order chi connectivity index (χ0) is 8.10. The molecule has 2 nitrogen and oxygen atoms in total. The fraction of sp³-hybridized carbons (Fsp3) is 0.625. The molecule has 1 fully saturated rings. The minimum Gasteiger partial charge on any atom is -0.390 e. The number of nitrogens with zero attached hydrogens (tertiary/aromatic N) is 1. The van der Waals surface area contributed by atoms with Crippen LogP contribution in [0.1, 0.15) is 19.3 Å². The van der Waals surface area contributed by atoms with Gasteiger partial charge in [0.2, 0.25) is 0 Å². The molecule has 11 heavy (non-hydrogen) atoms. The van der Waals surface area contributed by atoms with E-state index in [9.17, 15) is 0 Å². The summed E-state index contributed by atoms with van der Waals surface area (Å²) < 4.78 is 0. The van der Waals surface area contributed by atoms with Crippen molar-refractivity contribution in [3.05, 3.63) is 12.3 Å². The Balaban J connectivity index is 2.29. The third kappa shape index (κ3) is 3.37. The first-order valence-corrected chi connectivity index (χ1v) is 4.41. The second kappa shape index (κ2) is 4.34. The summed E-state index contributed by atoms with van der Waals surface area (Å²) in [5.74, 6) is 0. The Hall–Kier alpha value is -0.570. The van der Waals surface area contributed by atoms with Crippen LogP contribution in [0.4, 0.5) is 0 Å². The monoisotopic (exact) mass is 170 g/mol. The van der Waals surface area contributed by atoms with Crippen LogP contribution in [0.25, 0.3) is 0 Å². The summed E-state index contributed by atoms with van der Waals surface area (Å²) in [7, 11) is 0. The van der Waals surface area contributed by atoms with Crippen molar-refractivity contribution in [3.8, 4) is 0 Å². The summed E-state index contributed by atoms with van der Waals surface area (Å²) >= 11 is 4.73. The standard InChI is InChI=1S/C8H14N2S/c9-8(11)4-7-10-5-2-1-3-6-10/h4,7H,1-3,5-6H2,(H2,9,11)/b7-4-. The van der Waals surface area contributed by atoms with Gasteiger partial charge >= 0.3 is 0 Å². The topological polar surface area (TPSA) is 29.3 Å². The van der Waals surface area contributed by atoms with Crippen molar-refractivity contribution in [1.29, 1.82) is 0 Å². The summed E-state index contributed by atoms with van der Waals surface area (Å²) in [4.78, 5) is 2.73. The Morgan fingerprint density at radius 3 is 2.45 bits per heavy atom. The molecule has 0 atom stereocenters. The van der Waals surface area contributed by atoms with Crippen LogP contribution in [-0.2, 0) is 0 Å². The van der Waals surface area contributed by atoms with Gasteiger partial charge in [-0.25, -0.2) is 0 Å². The van der Waals surface area contributed by atoms with Crippen LogP contribution in [-0.4, -0.2) is 23.0 Å². The van der Waals surface area contributed by atoms with E-state index in [4.69, 9.17) is 18.0 Å². The Bertz CT molecular complexity index is 159. The summed E-state index contributed by atoms with van der Waals surface area (Å²) in [5, 5.41) is 0. The van der Waals surface area contributed by atoms with Gasteiger partial charge in [-0.1, -0.05) is 12.2 Å². The van der Waals surface area contributed by atoms with Crippen LogP contribution < -0.4 is 5.73 Å². The zero-order valence-corrected chi connectivity index (χ0v) is 7.44. The molecule has 62 valence electrons. The minimum absolute atomic E-state index is 0.468. The van der Waals surface area contributed by atoms with E-state index < -0.39 is 0 Å². The van der Waals surface area contributed by atoms with Crippen molar-refractivity contribution in [2.24, 2.45) is 5.73 Å². The highest BCUT2D eigenvalue weighted by Crippen LogP contribution is 2.08. The van der Waals surface area contributed by atoms with Crippen LogP contribution in [0.5, 0.6) is 0 Å². The van der Waals surface area contributed by atoms with E-state index in [2.05, 4.69) is 4.90 Å². The molecule has 3 heteroatoms. The number of hydrogen-bond donors (Lipinski definition) is 1. The number of hydrogen-bond acceptors (Lipinski definition) is 2. The first-order chi connectivity index (χ1) is 5.29. The maximum absolute atomic E-state index is 5.33. The summed E-state index contributed by atoms with van der Waals surface area (Å²) in [6.07, 6.45) is 7.74. The number of rotatable bonds is 2. The molecule has 1 saturated heterocycles. The molecule has 0 unspecified atom stereocenters. The van der Waals surface area contributed by atoms with Gasteiger partial charge in [0.15, 0.2) is 0 Å². The Morgan fingerprint density at radius 1 is 1.27 bits per heavy atom. The number of likely N-dealkylation sites (tertiary alicyclic amines) is 1. The molecule has 0 saturated carbocycles. The van der Waals surface area contributed by atoms with Gasteiger partial charge in [-0.3, -0.25) is 0 Å². The summed E-state index contributed by atoms with van der Waals surface area (Å²) in [6, 6.07) is 0. The Kier molecular flexibility index (Phi) is 3.36. The third-order valence-corrected chi connectivity index (χ3v) is 1.98. The van der Waals surface area contributed by atoms with Crippen molar-refractivity contribution < 1.29 is 0 Å². The number of thiocarbonyl (C=S) groups is 1. The molecule has 1 heterocycles. The van der Waals surface area contributed by atoms with Gasteiger partial charge in [0.05, 0.1) is 4.99 Å². The molecule has 0 aliphatic carbocycles. The average molecular weight is 170 g/mol. The SMILES string of the molecule is NC(=S)/C=C\N1CCCCC1. The lowest BCUT2D eigenvalue weighted by Crippen LogP contribution is -2.24. The molecule has 0 bridgehead atoms. The lowest BCUT2D eigenvalue weighted by atomic mass is 10.1. The van der Waals surface area contributed by atoms with Gasteiger partial charge in [0.25, 0.3) is 0 Å². The Morgan fingerprint density at radius 2 is 1.91 bits per heavy atom. The molecule has 1 rings (SSSR count). The quantitative estimate of drug-likeness (QED) is 0.500. The third-order valence-electron chi connectivity index (χ3n) is 1.84. The molecule has 0 radical (unpaired) electrons. The summed E-state index contributed by atoms with van der Waals surface area (Å²) in [6.45, 7) is 2.30. The van der Waals surface area contributed by atoms with Gasteiger partial charge in [0.1, 0.15) is 0 Å². The highest BCUT2D eigenvalue weighted by Gasteiger charge is 2.04. The van der Waals surface area contributed by atoms with E-state index >= 15 is 0 Å². The lowest BCUT2D eigenvalue weighted by molar-refractivity contribution is 0.310. The second-order valence-corrected chi connectivity index (χ2v) is 3.29. The van der Waals surface area contributed by atoms with Crippen molar-refractivity contribution in [1.82, 2.24) is 4.90 Å². The van der Waals surface area contributed by atoms with Gasteiger partial charge in [-0.15, -0.1) is 0 Å². The molecule has 0 spiro atoms. The smallest absolute Gasteiger partial charge is 0.0976 e. The van der Waals surface area contributed by atoms with E-state index in [0.717, 1.165) is 13.1 Å². The van der Waals surface area contributed by atoms with E-state index in [0.29, 0.717) is 4.99 Å². The second-order valence-electron chi connectivity index (χ2n) is 2.81. The molecule has 1 aliphatic rings. The van der Waals surface area contributed by atoms with Crippen LogP contribution >= 0.6 is 12.2 Å². The van der Waals surface area contributed by atoms with Crippen LogP contribution in [0.15, 0.2) is 12.3 Å². The van der Waals surface area contributed by atoms with E-state index in [-0.39, 0.29) is 0 Å². The van der Waals surface area contributed by atoms with Gasteiger partial charge in [0, 0.05) is 19.3 Å². The highest BCUT2D eigenvalue weighted by atomic mass is 32.1. The number of nitrogens with two attached hydrogens (primary N) is 1. The fourth-order valence-electron chi connectivity index (χ4n) is 1.25. The fourth-order valence-corrected chi connectivity index (χ4v) is 1.31.